The van der Waals surface area contributed by atoms with Crippen LogP contribution in [0.2, 0.25) is 0 Å². The van der Waals surface area contributed by atoms with E-state index in [0.29, 0.717) is 12.2 Å². The maximum Gasteiger partial charge on any atom is 0.350 e. The fraction of sp³-hybridized carbons (Fsp3) is 0.417. The number of rotatable bonds is 4. The second kappa shape index (κ2) is 4.85. The molecule has 0 unspecified atom stereocenters. The molecule has 2 heterocycles. The van der Waals surface area contributed by atoms with Crippen LogP contribution in [0.25, 0.3) is 5.65 Å². The fourth-order valence-electron chi connectivity index (χ4n) is 1.59. The summed E-state index contributed by atoms with van der Waals surface area (Å²) in [5.74, 6) is -0.288. The van der Waals surface area contributed by atoms with Crippen molar-refractivity contribution in [2.45, 2.75) is 25.9 Å². The SMILES string of the molecule is CC(C)(N)CNC(=O)Cn1nc2ccccn2c1=O. The second-order valence-electron chi connectivity index (χ2n) is 5.13. The zero-order valence-corrected chi connectivity index (χ0v) is 11.0. The van der Waals surface area contributed by atoms with Gasteiger partial charge < -0.3 is 11.1 Å². The van der Waals surface area contributed by atoms with Crippen LogP contribution in [0.5, 0.6) is 0 Å². The predicted octanol–water partition coefficient (Wildman–Crippen LogP) is -0.650. The highest BCUT2D eigenvalue weighted by molar-refractivity contribution is 5.75. The van der Waals surface area contributed by atoms with Crippen LogP contribution in [-0.2, 0) is 11.3 Å². The molecule has 0 aliphatic rings. The first kappa shape index (κ1) is 13.3. The summed E-state index contributed by atoms with van der Waals surface area (Å²) < 4.78 is 2.52. The van der Waals surface area contributed by atoms with Gasteiger partial charge in [0.2, 0.25) is 5.91 Å². The van der Waals surface area contributed by atoms with Gasteiger partial charge in [0.25, 0.3) is 0 Å². The number of hydrogen-bond acceptors (Lipinski definition) is 4. The molecule has 0 atom stereocenters. The molecule has 2 rings (SSSR count). The maximum absolute atomic E-state index is 11.9. The number of nitrogens with two attached hydrogens (primary N) is 1. The Morgan fingerprint density at radius 2 is 2.21 bits per heavy atom. The summed E-state index contributed by atoms with van der Waals surface area (Å²) in [6.07, 6.45) is 1.61. The van der Waals surface area contributed by atoms with Gasteiger partial charge in [0.05, 0.1) is 0 Å². The lowest BCUT2D eigenvalue weighted by Gasteiger charge is -2.18. The number of carbonyl (C=O) groups is 1. The number of nitrogens with zero attached hydrogens (tertiary/aromatic N) is 3. The summed E-state index contributed by atoms with van der Waals surface area (Å²) in [5, 5.41) is 6.74. The number of carbonyl (C=O) groups excluding carboxylic acids is 1. The summed E-state index contributed by atoms with van der Waals surface area (Å²) in [4.78, 5) is 23.6. The van der Waals surface area contributed by atoms with E-state index < -0.39 is 5.54 Å². The van der Waals surface area contributed by atoms with E-state index >= 15 is 0 Å². The monoisotopic (exact) mass is 263 g/mol. The maximum atomic E-state index is 11.9. The molecule has 0 radical (unpaired) electrons. The minimum atomic E-state index is -0.487. The van der Waals surface area contributed by atoms with E-state index in [9.17, 15) is 9.59 Å². The highest BCUT2D eigenvalue weighted by atomic mass is 16.2. The first-order valence-corrected chi connectivity index (χ1v) is 5.97. The van der Waals surface area contributed by atoms with Crippen LogP contribution in [0.3, 0.4) is 0 Å². The Morgan fingerprint density at radius 3 is 2.84 bits per heavy atom. The normalized spacial score (nSPS) is 11.7. The van der Waals surface area contributed by atoms with E-state index in [0.717, 1.165) is 4.68 Å². The van der Waals surface area contributed by atoms with Crippen LogP contribution in [0.15, 0.2) is 29.2 Å². The van der Waals surface area contributed by atoms with Gasteiger partial charge in [-0.25, -0.2) is 9.48 Å². The number of nitrogens with one attached hydrogen (secondary N) is 1. The molecule has 2 aromatic rings. The van der Waals surface area contributed by atoms with Crippen molar-refractivity contribution in [2.24, 2.45) is 5.73 Å². The molecule has 3 N–H and O–H groups in total. The zero-order valence-electron chi connectivity index (χ0n) is 11.0. The zero-order chi connectivity index (χ0) is 14.0. The highest BCUT2D eigenvalue weighted by Gasteiger charge is 2.14. The summed E-state index contributed by atoms with van der Waals surface area (Å²) >= 11 is 0. The molecule has 19 heavy (non-hydrogen) atoms. The average molecular weight is 263 g/mol. The van der Waals surface area contributed by atoms with E-state index in [4.69, 9.17) is 5.73 Å². The minimum absolute atomic E-state index is 0.114. The molecule has 0 aromatic carbocycles. The van der Waals surface area contributed by atoms with Crippen LogP contribution < -0.4 is 16.7 Å². The molecule has 7 nitrogen and oxygen atoms in total. The standard InChI is InChI=1S/C12H17N5O2/c1-12(2,13)8-14-10(18)7-17-11(19)16-6-4-3-5-9(16)15-17/h3-6H,7-8,13H2,1-2H3,(H,14,18). The van der Waals surface area contributed by atoms with Crippen molar-refractivity contribution in [2.75, 3.05) is 6.54 Å². The molecule has 0 saturated carbocycles. The molecule has 2 aromatic heterocycles. The van der Waals surface area contributed by atoms with Crippen LogP contribution in [0, 0.1) is 0 Å². The Labute approximate surface area is 110 Å². The number of fused-ring (bicyclic) bond motifs is 1. The van der Waals surface area contributed by atoms with Gasteiger partial charge in [-0.2, -0.15) is 0 Å². The lowest BCUT2D eigenvalue weighted by Crippen LogP contribution is -2.46. The van der Waals surface area contributed by atoms with Crippen molar-refractivity contribution in [3.63, 3.8) is 0 Å². The molecule has 102 valence electrons. The van der Waals surface area contributed by atoms with E-state index in [2.05, 4.69) is 10.4 Å². The largest absolute Gasteiger partial charge is 0.353 e. The van der Waals surface area contributed by atoms with E-state index in [1.54, 1.807) is 24.4 Å². The first-order chi connectivity index (χ1) is 8.87. The van der Waals surface area contributed by atoms with Gasteiger partial charge in [-0.3, -0.25) is 9.20 Å². The van der Waals surface area contributed by atoms with Gasteiger partial charge in [0.1, 0.15) is 6.54 Å². The van der Waals surface area contributed by atoms with Crippen molar-refractivity contribution >= 4 is 11.6 Å². The van der Waals surface area contributed by atoms with Gasteiger partial charge in [-0.05, 0) is 26.0 Å². The summed E-state index contributed by atoms with van der Waals surface area (Å²) in [5.41, 5.74) is 5.46. The second-order valence-corrected chi connectivity index (χ2v) is 5.13. The summed E-state index contributed by atoms with van der Waals surface area (Å²) in [6.45, 7) is 3.85. The van der Waals surface area contributed by atoms with Crippen molar-refractivity contribution in [1.29, 1.82) is 0 Å². The smallest absolute Gasteiger partial charge is 0.350 e. The van der Waals surface area contributed by atoms with Crippen LogP contribution in [0.1, 0.15) is 13.8 Å². The predicted molar refractivity (Wildman–Crippen MR) is 70.7 cm³/mol. The third kappa shape index (κ3) is 3.19. The number of amides is 1. The van der Waals surface area contributed by atoms with Crippen molar-refractivity contribution < 1.29 is 4.79 Å². The molecule has 7 heteroatoms. The Kier molecular flexibility index (Phi) is 3.39. The highest BCUT2D eigenvalue weighted by Crippen LogP contribution is 1.95. The molecule has 0 saturated heterocycles. The Balaban J connectivity index is 2.11. The van der Waals surface area contributed by atoms with Gasteiger partial charge >= 0.3 is 5.69 Å². The van der Waals surface area contributed by atoms with Gasteiger partial charge in [-0.15, -0.1) is 5.10 Å². The molecular weight excluding hydrogens is 246 g/mol. The molecule has 1 amide bonds. The fourth-order valence-corrected chi connectivity index (χ4v) is 1.59. The van der Waals surface area contributed by atoms with Crippen LogP contribution >= 0.6 is 0 Å². The van der Waals surface area contributed by atoms with Crippen LogP contribution in [0.4, 0.5) is 0 Å². The molecule has 0 spiro atoms. The quantitative estimate of drug-likeness (QED) is 0.766. The molecule has 0 aliphatic carbocycles. The third-order valence-corrected chi connectivity index (χ3v) is 2.52. The minimum Gasteiger partial charge on any atom is -0.353 e. The molecule has 0 aliphatic heterocycles. The molecule has 0 fully saturated rings. The third-order valence-electron chi connectivity index (χ3n) is 2.52. The van der Waals surface area contributed by atoms with E-state index in [-0.39, 0.29) is 18.1 Å². The summed E-state index contributed by atoms with van der Waals surface area (Å²) in [7, 11) is 0. The average Bonchev–Trinajstić information content (AvgIpc) is 2.64. The number of hydrogen-bond donors (Lipinski definition) is 2. The number of pyridine rings is 1. The van der Waals surface area contributed by atoms with Crippen molar-refractivity contribution in [3.05, 3.63) is 34.9 Å². The lowest BCUT2D eigenvalue weighted by molar-refractivity contribution is -0.122. The van der Waals surface area contributed by atoms with Crippen molar-refractivity contribution in [1.82, 2.24) is 19.5 Å². The molecular formula is C12H17N5O2. The van der Waals surface area contributed by atoms with Gasteiger partial charge in [-0.1, -0.05) is 6.07 Å². The van der Waals surface area contributed by atoms with E-state index in [1.807, 2.05) is 13.8 Å². The Morgan fingerprint density at radius 1 is 1.47 bits per heavy atom. The Hall–Kier alpha value is -2.15. The number of aromatic nitrogens is 3. The lowest BCUT2D eigenvalue weighted by atomic mass is 10.1. The molecule has 0 bridgehead atoms. The van der Waals surface area contributed by atoms with Crippen LogP contribution in [-0.4, -0.2) is 32.2 Å². The topological polar surface area (TPSA) is 94.4 Å². The Bertz CT molecular complexity index is 650. The first-order valence-electron chi connectivity index (χ1n) is 5.97. The van der Waals surface area contributed by atoms with E-state index in [1.165, 1.54) is 4.40 Å². The summed E-state index contributed by atoms with van der Waals surface area (Å²) in [6, 6.07) is 5.22. The van der Waals surface area contributed by atoms with Gasteiger partial charge in [0, 0.05) is 18.3 Å². The van der Waals surface area contributed by atoms with Crippen molar-refractivity contribution in [3.8, 4) is 0 Å². The van der Waals surface area contributed by atoms with Gasteiger partial charge in [0.15, 0.2) is 5.65 Å².